The van der Waals surface area contributed by atoms with E-state index in [4.69, 9.17) is 16.3 Å². The van der Waals surface area contributed by atoms with E-state index >= 15 is 0 Å². The van der Waals surface area contributed by atoms with Gasteiger partial charge in [0.25, 0.3) is 5.56 Å². The van der Waals surface area contributed by atoms with Crippen molar-refractivity contribution in [3.63, 3.8) is 0 Å². The number of aromatic nitrogens is 4. The van der Waals surface area contributed by atoms with Gasteiger partial charge in [0.05, 0.1) is 12.4 Å². The average Bonchev–Trinajstić information content (AvgIpc) is 2.69. The zero-order chi connectivity index (χ0) is 11.8. The van der Waals surface area contributed by atoms with Gasteiger partial charge in [0, 0.05) is 13.2 Å². The van der Waals surface area contributed by atoms with E-state index in [1.165, 1.54) is 6.33 Å². The highest BCUT2D eigenvalue weighted by atomic mass is 35.5. The van der Waals surface area contributed by atoms with Gasteiger partial charge in [-0.25, -0.2) is 9.67 Å². The third-order valence-electron chi connectivity index (χ3n) is 2.99. The minimum atomic E-state index is -0.252. The maximum absolute atomic E-state index is 11.6. The largest absolute Gasteiger partial charge is 0.381 e. The molecule has 1 saturated heterocycles. The van der Waals surface area contributed by atoms with Crippen LogP contribution in [0.1, 0.15) is 18.9 Å². The van der Waals surface area contributed by atoms with E-state index < -0.39 is 0 Å². The van der Waals surface area contributed by atoms with Crippen molar-refractivity contribution in [3.05, 3.63) is 21.8 Å². The molecule has 1 fully saturated rings. The van der Waals surface area contributed by atoms with Gasteiger partial charge in [-0.1, -0.05) is 11.6 Å². The summed E-state index contributed by atoms with van der Waals surface area (Å²) in [6.07, 6.45) is 3.10. The van der Waals surface area contributed by atoms with Crippen LogP contribution in [0.25, 0.3) is 11.0 Å². The first-order valence-electron chi connectivity index (χ1n) is 5.46. The standard InChI is InChI=1S/C10H11ClN4O2/c11-8-7-9(12-5-13-10(7)16)15(14-8)6-1-3-17-4-2-6/h5-6H,1-4H2,(H,12,13,16). The Morgan fingerprint density at radius 1 is 1.47 bits per heavy atom. The van der Waals surface area contributed by atoms with Gasteiger partial charge in [-0.05, 0) is 12.8 Å². The number of nitrogens with one attached hydrogen (secondary N) is 1. The summed E-state index contributed by atoms with van der Waals surface area (Å²) in [5, 5.41) is 4.79. The van der Waals surface area contributed by atoms with Crippen LogP contribution in [-0.4, -0.2) is 33.0 Å². The summed E-state index contributed by atoms with van der Waals surface area (Å²) in [6, 6.07) is 0.202. The molecule has 3 heterocycles. The summed E-state index contributed by atoms with van der Waals surface area (Å²) in [5.41, 5.74) is 0.295. The predicted molar refractivity (Wildman–Crippen MR) is 62.2 cm³/mol. The molecule has 0 aliphatic carbocycles. The smallest absolute Gasteiger partial charge is 0.263 e. The van der Waals surface area contributed by atoms with Gasteiger partial charge in [0.1, 0.15) is 5.39 Å². The first kappa shape index (κ1) is 10.7. The Bertz CT molecular complexity index is 600. The van der Waals surface area contributed by atoms with Crippen LogP contribution >= 0.6 is 11.6 Å². The Morgan fingerprint density at radius 3 is 3.00 bits per heavy atom. The lowest BCUT2D eigenvalue weighted by molar-refractivity contribution is 0.0673. The first-order valence-corrected chi connectivity index (χ1v) is 5.84. The number of aromatic amines is 1. The Labute approximate surface area is 102 Å². The van der Waals surface area contributed by atoms with Crippen molar-refractivity contribution >= 4 is 22.6 Å². The molecule has 0 radical (unpaired) electrons. The quantitative estimate of drug-likeness (QED) is 0.828. The molecule has 3 rings (SSSR count). The lowest BCUT2D eigenvalue weighted by Gasteiger charge is -2.22. The number of nitrogens with zero attached hydrogens (tertiary/aromatic N) is 3. The number of fused-ring (bicyclic) bond motifs is 1. The van der Waals surface area contributed by atoms with E-state index in [-0.39, 0.29) is 16.8 Å². The van der Waals surface area contributed by atoms with Crippen molar-refractivity contribution in [2.45, 2.75) is 18.9 Å². The molecular weight excluding hydrogens is 244 g/mol. The van der Waals surface area contributed by atoms with Gasteiger partial charge in [-0.3, -0.25) is 4.79 Å². The SMILES string of the molecule is O=c1[nH]cnc2c1c(Cl)nn2C1CCOCC1. The van der Waals surface area contributed by atoms with Crippen LogP contribution in [-0.2, 0) is 4.74 Å². The first-order chi connectivity index (χ1) is 8.27. The number of halogens is 1. The molecule has 0 amide bonds. The van der Waals surface area contributed by atoms with Crippen molar-refractivity contribution in [3.8, 4) is 0 Å². The van der Waals surface area contributed by atoms with Crippen LogP contribution in [0.3, 0.4) is 0 Å². The maximum Gasteiger partial charge on any atom is 0.263 e. The molecule has 0 spiro atoms. The second kappa shape index (κ2) is 4.12. The van der Waals surface area contributed by atoms with Gasteiger partial charge in [-0.2, -0.15) is 5.10 Å². The van der Waals surface area contributed by atoms with Crippen molar-refractivity contribution in [1.29, 1.82) is 0 Å². The fourth-order valence-electron chi connectivity index (χ4n) is 2.13. The minimum absolute atomic E-state index is 0.202. The summed E-state index contributed by atoms with van der Waals surface area (Å²) < 4.78 is 7.05. The van der Waals surface area contributed by atoms with Crippen LogP contribution in [0.2, 0.25) is 5.15 Å². The zero-order valence-corrected chi connectivity index (χ0v) is 9.78. The molecule has 2 aromatic rings. The second-order valence-electron chi connectivity index (χ2n) is 4.01. The molecule has 17 heavy (non-hydrogen) atoms. The summed E-state index contributed by atoms with van der Waals surface area (Å²) >= 11 is 5.98. The number of hydrogen-bond donors (Lipinski definition) is 1. The molecule has 0 atom stereocenters. The van der Waals surface area contributed by atoms with E-state index in [0.29, 0.717) is 24.2 Å². The van der Waals surface area contributed by atoms with E-state index in [2.05, 4.69) is 15.1 Å². The molecule has 1 N–H and O–H groups in total. The highest BCUT2D eigenvalue weighted by molar-refractivity contribution is 6.34. The van der Waals surface area contributed by atoms with Gasteiger partial charge >= 0.3 is 0 Å². The number of hydrogen-bond acceptors (Lipinski definition) is 4. The molecule has 7 heteroatoms. The van der Waals surface area contributed by atoms with Gasteiger partial charge in [0.15, 0.2) is 10.8 Å². The van der Waals surface area contributed by atoms with Crippen LogP contribution < -0.4 is 5.56 Å². The second-order valence-corrected chi connectivity index (χ2v) is 4.37. The van der Waals surface area contributed by atoms with E-state index in [0.717, 1.165) is 12.8 Å². The molecule has 90 valence electrons. The van der Waals surface area contributed by atoms with Crippen molar-refractivity contribution < 1.29 is 4.74 Å². The van der Waals surface area contributed by atoms with Crippen LogP contribution in [0, 0.1) is 0 Å². The van der Waals surface area contributed by atoms with Gasteiger partial charge in [-0.15, -0.1) is 0 Å². The Balaban J connectivity index is 2.17. The predicted octanol–water partition coefficient (Wildman–Crippen LogP) is 1.12. The summed E-state index contributed by atoms with van der Waals surface area (Å²) in [5.74, 6) is 0. The number of rotatable bonds is 1. The molecular formula is C10H11ClN4O2. The molecule has 2 aromatic heterocycles. The van der Waals surface area contributed by atoms with Gasteiger partial charge in [0.2, 0.25) is 0 Å². The normalized spacial score (nSPS) is 17.7. The summed E-state index contributed by atoms with van der Waals surface area (Å²) in [4.78, 5) is 18.3. The molecule has 0 bridgehead atoms. The van der Waals surface area contributed by atoms with Crippen molar-refractivity contribution in [1.82, 2.24) is 19.7 Å². The average molecular weight is 255 g/mol. The topological polar surface area (TPSA) is 72.8 Å². The molecule has 1 aliphatic rings. The highest BCUT2D eigenvalue weighted by Gasteiger charge is 2.22. The third kappa shape index (κ3) is 1.73. The Hall–Kier alpha value is -1.40. The molecule has 1 aliphatic heterocycles. The number of ether oxygens (including phenoxy) is 1. The Kier molecular flexibility index (Phi) is 2.60. The van der Waals surface area contributed by atoms with Crippen LogP contribution in [0.15, 0.2) is 11.1 Å². The number of H-pyrrole nitrogens is 1. The van der Waals surface area contributed by atoms with E-state index in [1.807, 2.05) is 0 Å². The van der Waals surface area contributed by atoms with Crippen LogP contribution in [0.4, 0.5) is 0 Å². The zero-order valence-electron chi connectivity index (χ0n) is 9.02. The summed E-state index contributed by atoms with van der Waals surface area (Å²) in [6.45, 7) is 1.40. The van der Waals surface area contributed by atoms with E-state index in [1.54, 1.807) is 4.68 Å². The lowest BCUT2D eigenvalue weighted by Crippen LogP contribution is -2.21. The molecule has 0 saturated carbocycles. The monoisotopic (exact) mass is 254 g/mol. The van der Waals surface area contributed by atoms with E-state index in [9.17, 15) is 4.79 Å². The fraction of sp³-hybridized carbons (Fsp3) is 0.500. The maximum atomic E-state index is 11.6. The fourth-order valence-corrected chi connectivity index (χ4v) is 2.38. The minimum Gasteiger partial charge on any atom is -0.381 e. The summed E-state index contributed by atoms with van der Waals surface area (Å²) in [7, 11) is 0. The molecule has 0 unspecified atom stereocenters. The van der Waals surface area contributed by atoms with Crippen molar-refractivity contribution in [2.24, 2.45) is 0 Å². The third-order valence-corrected chi connectivity index (χ3v) is 3.25. The molecule has 0 aromatic carbocycles. The highest BCUT2D eigenvalue weighted by Crippen LogP contribution is 2.26. The lowest BCUT2D eigenvalue weighted by atomic mass is 10.1. The van der Waals surface area contributed by atoms with Crippen LogP contribution in [0.5, 0.6) is 0 Å². The molecule has 6 nitrogen and oxygen atoms in total. The Morgan fingerprint density at radius 2 is 2.24 bits per heavy atom. The van der Waals surface area contributed by atoms with Gasteiger partial charge < -0.3 is 9.72 Å². The van der Waals surface area contributed by atoms with Crippen molar-refractivity contribution in [2.75, 3.05) is 13.2 Å².